The Bertz CT molecular complexity index is 1400. The first-order valence-corrected chi connectivity index (χ1v) is 10.3. The molecule has 0 aliphatic carbocycles. The number of fused-ring (bicyclic) bond motifs is 1. The van der Waals surface area contributed by atoms with Crippen molar-refractivity contribution in [2.45, 2.75) is 13.5 Å². The average molecular weight is 444 g/mol. The van der Waals surface area contributed by atoms with Gasteiger partial charge in [-0.2, -0.15) is 5.10 Å². The van der Waals surface area contributed by atoms with E-state index in [0.717, 1.165) is 16.8 Å². The molecule has 2 aromatic carbocycles. The Balaban J connectivity index is 1.36. The zero-order chi connectivity index (χ0) is 22.1. The van der Waals surface area contributed by atoms with Crippen molar-refractivity contribution >= 4 is 29.1 Å². The number of aryl methyl sites for hydroxylation is 1. The molecule has 0 unspecified atom stereocenters. The lowest BCUT2D eigenvalue weighted by Crippen LogP contribution is -2.13. The predicted molar refractivity (Wildman–Crippen MR) is 122 cm³/mol. The van der Waals surface area contributed by atoms with E-state index < -0.39 is 0 Å². The molecule has 5 rings (SSSR count). The summed E-state index contributed by atoms with van der Waals surface area (Å²) < 4.78 is 3.30. The van der Waals surface area contributed by atoms with Gasteiger partial charge in [-0.15, -0.1) is 5.10 Å². The molecule has 1 amide bonds. The summed E-state index contributed by atoms with van der Waals surface area (Å²) in [5.41, 5.74) is 4.82. The van der Waals surface area contributed by atoms with Gasteiger partial charge < -0.3 is 0 Å². The molecule has 32 heavy (non-hydrogen) atoms. The van der Waals surface area contributed by atoms with Crippen LogP contribution in [0.2, 0.25) is 5.02 Å². The summed E-state index contributed by atoms with van der Waals surface area (Å²) in [6, 6.07) is 17.4. The molecule has 3 aromatic heterocycles. The second-order valence-electron chi connectivity index (χ2n) is 7.34. The highest BCUT2D eigenvalue weighted by atomic mass is 35.5. The Labute approximate surface area is 188 Å². The number of aromatic nitrogens is 6. The van der Waals surface area contributed by atoms with Crippen LogP contribution in [0.15, 0.2) is 73.3 Å². The van der Waals surface area contributed by atoms with Crippen LogP contribution in [0, 0.1) is 6.92 Å². The normalized spacial score (nSPS) is 11.1. The SMILES string of the molecule is Cc1ccc(-c2ccnc3c(C(=O)Nc4ncn(Cc5ccc(Cl)cc5)n4)cnn23)cc1. The number of anilines is 1. The number of benzene rings is 2. The van der Waals surface area contributed by atoms with Crippen molar-refractivity contribution in [1.29, 1.82) is 0 Å². The van der Waals surface area contributed by atoms with Crippen molar-refractivity contribution in [2.75, 3.05) is 5.32 Å². The van der Waals surface area contributed by atoms with Crippen LogP contribution in [-0.4, -0.2) is 35.3 Å². The average Bonchev–Trinajstić information content (AvgIpc) is 3.42. The van der Waals surface area contributed by atoms with Gasteiger partial charge in [-0.3, -0.25) is 10.1 Å². The smallest absolute Gasteiger partial charge is 0.263 e. The van der Waals surface area contributed by atoms with Crippen molar-refractivity contribution < 1.29 is 4.79 Å². The van der Waals surface area contributed by atoms with E-state index in [1.54, 1.807) is 21.7 Å². The Morgan fingerprint density at radius 3 is 2.59 bits per heavy atom. The maximum Gasteiger partial charge on any atom is 0.263 e. The van der Waals surface area contributed by atoms with Gasteiger partial charge in [0.25, 0.3) is 5.91 Å². The van der Waals surface area contributed by atoms with Gasteiger partial charge in [0.05, 0.1) is 18.4 Å². The topological polar surface area (TPSA) is 90.0 Å². The minimum absolute atomic E-state index is 0.206. The van der Waals surface area contributed by atoms with E-state index in [2.05, 4.69) is 25.5 Å². The van der Waals surface area contributed by atoms with E-state index in [1.165, 1.54) is 11.8 Å². The van der Waals surface area contributed by atoms with Gasteiger partial charge in [-0.25, -0.2) is 19.2 Å². The van der Waals surface area contributed by atoms with E-state index in [0.29, 0.717) is 22.8 Å². The molecule has 9 heteroatoms. The predicted octanol–water partition coefficient (Wildman–Crippen LogP) is 4.25. The summed E-state index contributed by atoms with van der Waals surface area (Å²) in [5, 5.41) is 12.1. The van der Waals surface area contributed by atoms with E-state index in [4.69, 9.17) is 11.6 Å². The van der Waals surface area contributed by atoms with Gasteiger partial charge in [0, 0.05) is 16.8 Å². The molecule has 0 bridgehead atoms. The molecule has 158 valence electrons. The molecule has 8 nitrogen and oxygen atoms in total. The summed E-state index contributed by atoms with van der Waals surface area (Å²) in [5.74, 6) is -0.171. The van der Waals surface area contributed by atoms with Crippen molar-refractivity contribution in [3.63, 3.8) is 0 Å². The molecule has 0 atom stereocenters. The first-order chi connectivity index (χ1) is 15.6. The quantitative estimate of drug-likeness (QED) is 0.438. The Morgan fingerprint density at radius 1 is 1.03 bits per heavy atom. The lowest BCUT2D eigenvalue weighted by atomic mass is 10.1. The highest BCUT2D eigenvalue weighted by molar-refractivity contribution is 6.30. The number of carbonyl (C=O) groups excluding carboxylic acids is 1. The van der Waals surface area contributed by atoms with Gasteiger partial charge in [-0.05, 0) is 30.7 Å². The standard InChI is InChI=1S/C23H18ClN7O/c1-15-2-6-17(7-3-15)20-10-11-25-21-19(12-27-31(20)21)22(32)28-23-26-14-30(29-23)13-16-4-8-18(24)9-5-16/h2-12,14H,13H2,1H3,(H,28,29,32). The molecule has 5 aromatic rings. The van der Waals surface area contributed by atoms with Crippen LogP contribution in [0.5, 0.6) is 0 Å². The molecule has 0 aliphatic rings. The molecule has 0 saturated carbocycles. The number of hydrogen-bond acceptors (Lipinski definition) is 5. The van der Waals surface area contributed by atoms with Crippen LogP contribution < -0.4 is 5.32 Å². The maximum absolute atomic E-state index is 12.9. The van der Waals surface area contributed by atoms with Crippen LogP contribution in [0.25, 0.3) is 16.9 Å². The van der Waals surface area contributed by atoms with Gasteiger partial charge in [-0.1, -0.05) is 53.6 Å². The fraction of sp³-hybridized carbons (Fsp3) is 0.0870. The minimum atomic E-state index is -0.377. The number of nitrogens with one attached hydrogen (secondary N) is 1. The van der Waals surface area contributed by atoms with Crippen molar-refractivity contribution in [2.24, 2.45) is 0 Å². The molecular formula is C23H18ClN7O. The van der Waals surface area contributed by atoms with E-state index in [-0.39, 0.29) is 11.9 Å². The first kappa shape index (κ1) is 19.9. The monoisotopic (exact) mass is 443 g/mol. The number of nitrogens with zero attached hydrogens (tertiary/aromatic N) is 6. The number of amides is 1. The largest absolute Gasteiger partial charge is 0.289 e. The summed E-state index contributed by atoms with van der Waals surface area (Å²) in [7, 11) is 0. The second-order valence-corrected chi connectivity index (χ2v) is 7.77. The third-order valence-corrected chi connectivity index (χ3v) is 5.26. The molecule has 0 fully saturated rings. The maximum atomic E-state index is 12.9. The Kier molecular flexibility index (Phi) is 5.12. The van der Waals surface area contributed by atoms with Gasteiger partial charge in [0.1, 0.15) is 11.9 Å². The summed E-state index contributed by atoms with van der Waals surface area (Å²) in [4.78, 5) is 21.4. The zero-order valence-electron chi connectivity index (χ0n) is 17.1. The highest BCUT2D eigenvalue weighted by Gasteiger charge is 2.17. The third-order valence-electron chi connectivity index (χ3n) is 5.01. The van der Waals surface area contributed by atoms with E-state index in [1.807, 2.05) is 61.5 Å². The van der Waals surface area contributed by atoms with E-state index >= 15 is 0 Å². The number of halogens is 1. The van der Waals surface area contributed by atoms with Crippen molar-refractivity contribution in [3.8, 4) is 11.3 Å². The van der Waals surface area contributed by atoms with Crippen LogP contribution in [-0.2, 0) is 6.54 Å². The molecule has 3 heterocycles. The minimum Gasteiger partial charge on any atom is -0.289 e. The highest BCUT2D eigenvalue weighted by Crippen LogP contribution is 2.22. The molecular weight excluding hydrogens is 426 g/mol. The van der Waals surface area contributed by atoms with Crippen LogP contribution in [0.4, 0.5) is 5.95 Å². The fourth-order valence-electron chi connectivity index (χ4n) is 3.37. The lowest BCUT2D eigenvalue weighted by molar-refractivity contribution is 0.102. The van der Waals surface area contributed by atoms with Crippen LogP contribution in [0.1, 0.15) is 21.5 Å². The number of rotatable bonds is 5. The van der Waals surface area contributed by atoms with Gasteiger partial charge in [0.2, 0.25) is 5.95 Å². The summed E-state index contributed by atoms with van der Waals surface area (Å²) in [6.45, 7) is 2.55. The molecule has 1 N–H and O–H groups in total. The van der Waals surface area contributed by atoms with Crippen LogP contribution >= 0.6 is 11.6 Å². The van der Waals surface area contributed by atoms with E-state index in [9.17, 15) is 4.79 Å². The third kappa shape index (κ3) is 3.95. The van der Waals surface area contributed by atoms with Gasteiger partial charge in [0.15, 0.2) is 5.65 Å². The first-order valence-electron chi connectivity index (χ1n) is 9.92. The van der Waals surface area contributed by atoms with Crippen molar-refractivity contribution in [3.05, 3.63) is 95.0 Å². The Hall–Kier alpha value is -4.04. The van der Waals surface area contributed by atoms with Gasteiger partial charge >= 0.3 is 0 Å². The molecule has 0 saturated heterocycles. The second kappa shape index (κ2) is 8.24. The molecule has 0 spiro atoms. The zero-order valence-corrected chi connectivity index (χ0v) is 17.9. The molecule has 0 aliphatic heterocycles. The summed E-state index contributed by atoms with van der Waals surface area (Å²) in [6.07, 6.45) is 4.73. The number of hydrogen-bond donors (Lipinski definition) is 1. The summed E-state index contributed by atoms with van der Waals surface area (Å²) >= 11 is 5.92. The van der Waals surface area contributed by atoms with Crippen molar-refractivity contribution in [1.82, 2.24) is 29.4 Å². The van der Waals surface area contributed by atoms with Crippen LogP contribution in [0.3, 0.4) is 0 Å². The lowest BCUT2D eigenvalue weighted by Gasteiger charge is -2.05. The fourth-order valence-corrected chi connectivity index (χ4v) is 3.49. The number of carbonyl (C=O) groups is 1. The molecule has 0 radical (unpaired) electrons. The Morgan fingerprint density at radius 2 is 1.81 bits per heavy atom.